The first kappa shape index (κ1) is 18.5. The first-order chi connectivity index (χ1) is 12.7. The van der Waals surface area contributed by atoms with Gasteiger partial charge in [0, 0.05) is 12.0 Å². The molecule has 0 heterocycles. The van der Waals surface area contributed by atoms with Crippen LogP contribution >= 0.6 is 0 Å². The van der Waals surface area contributed by atoms with Gasteiger partial charge in [0.15, 0.2) is 0 Å². The Labute approximate surface area is 156 Å². The van der Waals surface area contributed by atoms with E-state index >= 15 is 0 Å². The molecule has 0 atom stereocenters. The van der Waals surface area contributed by atoms with E-state index < -0.39 is 0 Å². The van der Waals surface area contributed by atoms with Crippen LogP contribution in [-0.4, -0.2) is 5.97 Å². The number of esters is 1. The minimum absolute atomic E-state index is 0.217. The first-order valence-electron chi connectivity index (χ1n) is 9.73. The molecule has 1 fully saturated rings. The van der Waals surface area contributed by atoms with Gasteiger partial charge in [0.25, 0.3) is 0 Å². The van der Waals surface area contributed by atoms with E-state index in [1.807, 2.05) is 12.1 Å². The molecule has 3 nitrogen and oxygen atoms in total. The number of carbonyl (C=O) groups excluding carboxylic acids is 1. The highest BCUT2D eigenvalue weighted by Gasteiger charge is 2.27. The summed E-state index contributed by atoms with van der Waals surface area (Å²) in [5.74, 6) is 2.00. The van der Waals surface area contributed by atoms with Gasteiger partial charge < -0.3 is 9.47 Å². The predicted octanol–water partition coefficient (Wildman–Crippen LogP) is 5.58. The lowest BCUT2D eigenvalue weighted by atomic mass is 10.0. The lowest BCUT2D eigenvalue weighted by molar-refractivity contribution is -0.134. The molecule has 26 heavy (non-hydrogen) atoms. The monoisotopic (exact) mass is 352 g/mol. The summed E-state index contributed by atoms with van der Waals surface area (Å²) >= 11 is 0. The fraction of sp³-hybridized carbons (Fsp3) is 0.435. The Balaban J connectivity index is 1.84. The van der Waals surface area contributed by atoms with Crippen molar-refractivity contribution in [1.29, 1.82) is 0 Å². The number of hydrogen-bond donors (Lipinski definition) is 0. The lowest BCUT2D eigenvalue weighted by Crippen LogP contribution is -2.10. The van der Waals surface area contributed by atoms with Crippen LogP contribution in [0.2, 0.25) is 0 Å². The minimum Gasteiger partial charge on any atom is -0.488 e. The molecular formula is C23H28O3. The van der Waals surface area contributed by atoms with E-state index in [1.165, 1.54) is 24.0 Å². The van der Waals surface area contributed by atoms with Crippen molar-refractivity contribution >= 4 is 5.97 Å². The van der Waals surface area contributed by atoms with Crippen molar-refractivity contribution in [2.45, 2.75) is 65.4 Å². The molecule has 2 aromatic carbocycles. The number of carbonyl (C=O) groups is 1. The highest BCUT2D eigenvalue weighted by Crippen LogP contribution is 2.45. The van der Waals surface area contributed by atoms with Gasteiger partial charge >= 0.3 is 5.97 Å². The lowest BCUT2D eigenvalue weighted by Gasteiger charge is -2.17. The summed E-state index contributed by atoms with van der Waals surface area (Å²) < 4.78 is 11.8. The fourth-order valence-electron chi connectivity index (χ4n) is 3.21. The molecule has 3 rings (SSSR count). The van der Waals surface area contributed by atoms with Gasteiger partial charge in [-0.15, -0.1) is 0 Å². The van der Waals surface area contributed by atoms with E-state index in [2.05, 4.69) is 38.1 Å². The Hall–Kier alpha value is -2.29. The number of rotatable bonds is 8. The van der Waals surface area contributed by atoms with Crippen molar-refractivity contribution in [2.24, 2.45) is 0 Å². The smallest absolute Gasteiger partial charge is 0.310 e. The summed E-state index contributed by atoms with van der Waals surface area (Å²) in [5, 5.41) is 0. The van der Waals surface area contributed by atoms with E-state index in [9.17, 15) is 4.79 Å². The van der Waals surface area contributed by atoms with Gasteiger partial charge in [-0.25, -0.2) is 0 Å². The molecule has 0 spiro atoms. The Morgan fingerprint density at radius 2 is 1.85 bits per heavy atom. The molecule has 1 saturated carbocycles. The molecule has 0 bridgehead atoms. The summed E-state index contributed by atoms with van der Waals surface area (Å²) in [7, 11) is 0. The third kappa shape index (κ3) is 4.27. The van der Waals surface area contributed by atoms with Crippen LogP contribution in [0.15, 0.2) is 36.4 Å². The van der Waals surface area contributed by atoms with Crippen LogP contribution in [0.5, 0.6) is 11.5 Å². The average Bonchev–Trinajstić information content (AvgIpc) is 3.51. The molecule has 0 N–H and O–H groups in total. The predicted molar refractivity (Wildman–Crippen MR) is 104 cm³/mol. The van der Waals surface area contributed by atoms with Gasteiger partial charge in [-0.1, -0.05) is 45.0 Å². The molecule has 0 aromatic heterocycles. The van der Waals surface area contributed by atoms with E-state index in [0.717, 1.165) is 29.7 Å². The largest absolute Gasteiger partial charge is 0.488 e. The summed E-state index contributed by atoms with van der Waals surface area (Å²) in [6.07, 6.45) is 4.76. The van der Waals surface area contributed by atoms with Crippen molar-refractivity contribution in [3.05, 3.63) is 58.7 Å². The molecule has 0 saturated heterocycles. The second-order valence-corrected chi connectivity index (χ2v) is 6.86. The van der Waals surface area contributed by atoms with Gasteiger partial charge in [0.05, 0.1) is 0 Å². The maximum Gasteiger partial charge on any atom is 0.310 e. The van der Waals surface area contributed by atoms with Crippen molar-refractivity contribution in [3.63, 3.8) is 0 Å². The Morgan fingerprint density at radius 1 is 1.04 bits per heavy atom. The third-order valence-electron chi connectivity index (χ3n) is 5.00. The van der Waals surface area contributed by atoms with Crippen molar-refractivity contribution in [2.75, 3.05) is 0 Å². The molecule has 0 aliphatic heterocycles. The second-order valence-electron chi connectivity index (χ2n) is 6.86. The Morgan fingerprint density at radius 3 is 2.50 bits per heavy atom. The minimum atomic E-state index is -0.217. The average molecular weight is 352 g/mol. The standard InChI is InChI=1S/C23H28O3/c1-4-16-10-13-21(19(14-16)18-11-12-18)25-15-20-17(5-2)8-7-9-22(20)26-23(24)6-3/h7-10,13-14,18H,4-6,11-12,15H2,1-3H3. The summed E-state index contributed by atoms with van der Waals surface area (Å²) in [6, 6.07) is 12.4. The summed E-state index contributed by atoms with van der Waals surface area (Å²) in [5.41, 5.74) is 4.80. The number of benzene rings is 2. The van der Waals surface area contributed by atoms with Gasteiger partial charge in [0.2, 0.25) is 0 Å². The number of ether oxygens (including phenoxy) is 2. The summed E-state index contributed by atoms with van der Waals surface area (Å²) in [6.45, 7) is 6.51. The van der Waals surface area contributed by atoms with Crippen LogP contribution in [0, 0.1) is 0 Å². The van der Waals surface area contributed by atoms with E-state index in [-0.39, 0.29) is 5.97 Å². The highest BCUT2D eigenvalue weighted by molar-refractivity contribution is 5.72. The SMILES string of the molecule is CCC(=O)Oc1cccc(CC)c1COc1ccc(CC)cc1C1CC1. The van der Waals surface area contributed by atoms with Crippen LogP contribution in [0.3, 0.4) is 0 Å². The Kier molecular flexibility index (Phi) is 5.97. The fourth-order valence-corrected chi connectivity index (χ4v) is 3.21. The quantitative estimate of drug-likeness (QED) is 0.459. The number of hydrogen-bond acceptors (Lipinski definition) is 3. The zero-order valence-corrected chi connectivity index (χ0v) is 16.0. The Bertz CT molecular complexity index is 775. The second kappa shape index (κ2) is 8.39. The highest BCUT2D eigenvalue weighted by atomic mass is 16.5. The van der Waals surface area contributed by atoms with Crippen molar-refractivity contribution in [3.8, 4) is 11.5 Å². The summed E-state index contributed by atoms with van der Waals surface area (Å²) in [4.78, 5) is 11.8. The molecular weight excluding hydrogens is 324 g/mol. The van der Waals surface area contributed by atoms with Crippen molar-refractivity contribution < 1.29 is 14.3 Å². The molecule has 1 aliphatic rings. The zero-order valence-electron chi connectivity index (χ0n) is 16.0. The van der Waals surface area contributed by atoms with E-state index in [1.54, 1.807) is 6.92 Å². The molecule has 1 aliphatic carbocycles. The van der Waals surface area contributed by atoms with Crippen LogP contribution in [-0.2, 0) is 24.2 Å². The molecule has 0 unspecified atom stereocenters. The molecule has 0 radical (unpaired) electrons. The normalized spacial score (nSPS) is 13.5. The van der Waals surface area contributed by atoms with Crippen LogP contribution in [0.25, 0.3) is 0 Å². The van der Waals surface area contributed by atoms with Gasteiger partial charge in [-0.05, 0) is 60.4 Å². The molecule has 138 valence electrons. The van der Waals surface area contributed by atoms with Crippen LogP contribution in [0.1, 0.15) is 68.2 Å². The topological polar surface area (TPSA) is 35.5 Å². The van der Waals surface area contributed by atoms with Gasteiger partial charge in [-0.3, -0.25) is 4.79 Å². The molecule has 2 aromatic rings. The van der Waals surface area contributed by atoms with Crippen LogP contribution < -0.4 is 9.47 Å². The molecule has 3 heteroatoms. The van der Waals surface area contributed by atoms with E-state index in [4.69, 9.17) is 9.47 Å². The first-order valence-corrected chi connectivity index (χ1v) is 9.73. The third-order valence-corrected chi connectivity index (χ3v) is 5.00. The van der Waals surface area contributed by atoms with Crippen LogP contribution in [0.4, 0.5) is 0 Å². The van der Waals surface area contributed by atoms with Gasteiger partial charge in [-0.2, -0.15) is 0 Å². The van der Waals surface area contributed by atoms with E-state index in [0.29, 0.717) is 24.7 Å². The van der Waals surface area contributed by atoms with Gasteiger partial charge in [0.1, 0.15) is 18.1 Å². The van der Waals surface area contributed by atoms with Crippen molar-refractivity contribution in [1.82, 2.24) is 0 Å². The maximum absolute atomic E-state index is 11.8. The number of aryl methyl sites for hydroxylation is 2. The molecule has 0 amide bonds. The zero-order chi connectivity index (χ0) is 18.5. The maximum atomic E-state index is 11.8.